The van der Waals surface area contributed by atoms with E-state index in [4.69, 9.17) is 0 Å². The number of hydrogen-bond donors (Lipinski definition) is 1. The number of rotatable bonds is 5. The van der Waals surface area contributed by atoms with Gasteiger partial charge in [0.2, 0.25) is 11.6 Å². The van der Waals surface area contributed by atoms with E-state index in [0.717, 1.165) is 31.4 Å². The van der Waals surface area contributed by atoms with Gasteiger partial charge in [0.15, 0.2) is 0 Å². The van der Waals surface area contributed by atoms with Crippen LogP contribution in [-0.4, -0.2) is 28.0 Å². The summed E-state index contributed by atoms with van der Waals surface area (Å²) in [4.78, 5) is 21.2. The summed E-state index contributed by atoms with van der Waals surface area (Å²) in [5, 5.41) is 14.8. The normalized spacial score (nSPS) is 14.7. The molecule has 120 valence electrons. The minimum Gasteiger partial charge on any atom is -0.361 e. The maximum absolute atomic E-state index is 11.6. The summed E-state index contributed by atoms with van der Waals surface area (Å²) < 4.78 is 0. The van der Waals surface area contributed by atoms with Crippen LogP contribution in [0.5, 0.6) is 0 Å². The lowest BCUT2D eigenvalue weighted by molar-refractivity contribution is -0.383. The Hall–Kier alpha value is -2.70. The summed E-state index contributed by atoms with van der Waals surface area (Å²) in [7, 11) is 1.77. The standard InChI is InChI=1S/C16H19N5O2/c1-20(13-9-3-2-4-10-13)16-14(21(22)23)15(17-11-18-16)19-12-7-5-6-8-12/h2-4,9-12H,5-8H2,1H3,(H,17,18,19). The van der Waals surface area contributed by atoms with Crippen LogP contribution in [0.1, 0.15) is 25.7 Å². The van der Waals surface area contributed by atoms with Crippen LogP contribution in [0.4, 0.5) is 23.0 Å². The molecule has 0 amide bonds. The van der Waals surface area contributed by atoms with Crippen molar-refractivity contribution in [3.05, 3.63) is 46.8 Å². The number of nitrogens with one attached hydrogen (secondary N) is 1. The summed E-state index contributed by atoms with van der Waals surface area (Å²) >= 11 is 0. The summed E-state index contributed by atoms with van der Waals surface area (Å²) in [6.45, 7) is 0. The number of nitro groups is 1. The van der Waals surface area contributed by atoms with Crippen molar-refractivity contribution in [1.82, 2.24) is 9.97 Å². The molecular formula is C16H19N5O2. The van der Waals surface area contributed by atoms with E-state index in [0.29, 0.717) is 5.82 Å². The van der Waals surface area contributed by atoms with Crippen molar-refractivity contribution >= 4 is 23.0 Å². The van der Waals surface area contributed by atoms with Gasteiger partial charge in [0.05, 0.1) is 4.92 Å². The van der Waals surface area contributed by atoms with E-state index < -0.39 is 4.92 Å². The molecule has 0 radical (unpaired) electrons. The van der Waals surface area contributed by atoms with E-state index in [-0.39, 0.29) is 17.5 Å². The quantitative estimate of drug-likeness (QED) is 0.671. The Morgan fingerprint density at radius 1 is 1.22 bits per heavy atom. The van der Waals surface area contributed by atoms with Gasteiger partial charge in [-0.2, -0.15) is 0 Å². The van der Waals surface area contributed by atoms with Crippen LogP contribution in [0.2, 0.25) is 0 Å². The molecule has 1 fully saturated rings. The zero-order valence-electron chi connectivity index (χ0n) is 13.0. The Morgan fingerprint density at radius 3 is 2.57 bits per heavy atom. The first-order chi connectivity index (χ1) is 11.2. The molecule has 0 bridgehead atoms. The Kier molecular flexibility index (Phi) is 4.36. The minimum atomic E-state index is -0.411. The van der Waals surface area contributed by atoms with Crippen molar-refractivity contribution < 1.29 is 4.92 Å². The van der Waals surface area contributed by atoms with Crippen molar-refractivity contribution in [2.24, 2.45) is 0 Å². The predicted octanol–water partition coefficient (Wildman–Crippen LogP) is 3.51. The lowest BCUT2D eigenvalue weighted by Crippen LogP contribution is -2.19. The highest BCUT2D eigenvalue weighted by molar-refractivity contribution is 5.75. The van der Waals surface area contributed by atoms with E-state index in [1.54, 1.807) is 11.9 Å². The van der Waals surface area contributed by atoms with Crippen molar-refractivity contribution in [3.63, 3.8) is 0 Å². The molecule has 0 spiro atoms. The Bertz CT molecular complexity index is 686. The Balaban J connectivity index is 1.97. The molecule has 1 aliphatic carbocycles. The average Bonchev–Trinajstić information content (AvgIpc) is 3.07. The maximum atomic E-state index is 11.6. The van der Waals surface area contributed by atoms with Crippen molar-refractivity contribution in [2.45, 2.75) is 31.7 Å². The van der Waals surface area contributed by atoms with E-state index in [9.17, 15) is 10.1 Å². The topological polar surface area (TPSA) is 84.2 Å². The third-order valence-electron chi connectivity index (χ3n) is 4.14. The number of nitrogens with zero attached hydrogens (tertiary/aromatic N) is 4. The molecule has 1 heterocycles. The number of hydrogen-bond acceptors (Lipinski definition) is 6. The lowest BCUT2D eigenvalue weighted by Gasteiger charge is -2.20. The van der Waals surface area contributed by atoms with Crippen molar-refractivity contribution in [2.75, 3.05) is 17.3 Å². The monoisotopic (exact) mass is 313 g/mol. The first kappa shape index (κ1) is 15.2. The molecule has 1 aromatic heterocycles. The molecule has 23 heavy (non-hydrogen) atoms. The molecule has 1 N–H and O–H groups in total. The third kappa shape index (κ3) is 3.23. The van der Waals surface area contributed by atoms with Gasteiger partial charge >= 0.3 is 5.69 Å². The summed E-state index contributed by atoms with van der Waals surface area (Å²) in [5.41, 5.74) is 0.756. The highest BCUT2D eigenvalue weighted by Crippen LogP contribution is 2.36. The number of benzene rings is 1. The van der Waals surface area contributed by atoms with Crippen molar-refractivity contribution in [3.8, 4) is 0 Å². The molecule has 7 heteroatoms. The predicted molar refractivity (Wildman–Crippen MR) is 89.1 cm³/mol. The fourth-order valence-electron chi connectivity index (χ4n) is 2.93. The van der Waals surface area contributed by atoms with E-state index in [1.165, 1.54) is 6.33 Å². The minimum absolute atomic E-state index is 0.0780. The van der Waals surface area contributed by atoms with Gasteiger partial charge in [-0.3, -0.25) is 10.1 Å². The van der Waals surface area contributed by atoms with Gasteiger partial charge in [-0.05, 0) is 25.0 Å². The molecule has 2 aromatic rings. The fourth-order valence-corrected chi connectivity index (χ4v) is 2.93. The molecule has 3 rings (SSSR count). The van der Waals surface area contributed by atoms with Gasteiger partial charge in [0.25, 0.3) is 0 Å². The largest absolute Gasteiger partial charge is 0.361 e. The number of anilines is 3. The molecule has 1 aromatic carbocycles. The highest BCUT2D eigenvalue weighted by Gasteiger charge is 2.28. The number of aromatic nitrogens is 2. The summed E-state index contributed by atoms with van der Waals surface area (Å²) in [5.74, 6) is 0.589. The van der Waals surface area contributed by atoms with Crippen LogP contribution >= 0.6 is 0 Å². The second-order valence-electron chi connectivity index (χ2n) is 5.67. The van der Waals surface area contributed by atoms with Crippen LogP contribution in [-0.2, 0) is 0 Å². The molecule has 0 saturated heterocycles. The SMILES string of the molecule is CN(c1ccccc1)c1ncnc(NC2CCCC2)c1[N+](=O)[O-]. The van der Waals surface area contributed by atoms with E-state index >= 15 is 0 Å². The second-order valence-corrected chi connectivity index (χ2v) is 5.67. The molecule has 1 aliphatic rings. The van der Waals surface area contributed by atoms with Gasteiger partial charge in [0.1, 0.15) is 6.33 Å². The summed E-state index contributed by atoms with van der Waals surface area (Å²) in [6, 6.07) is 9.69. The first-order valence-electron chi connectivity index (χ1n) is 7.71. The molecule has 1 saturated carbocycles. The van der Waals surface area contributed by atoms with Gasteiger partial charge in [-0.25, -0.2) is 9.97 Å². The van der Waals surface area contributed by atoms with Gasteiger partial charge in [-0.1, -0.05) is 31.0 Å². The van der Waals surface area contributed by atoms with Crippen LogP contribution in [0.15, 0.2) is 36.7 Å². The van der Waals surface area contributed by atoms with Gasteiger partial charge in [-0.15, -0.1) is 0 Å². The smallest absolute Gasteiger partial charge is 0.353 e. The second kappa shape index (κ2) is 6.60. The molecule has 0 atom stereocenters. The van der Waals surface area contributed by atoms with E-state index in [1.807, 2.05) is 30.3 Å². The van der Waals surface area contributed by atoms with Crippen LogP contribution in [0, 0.1) is 10.1 Å². The zero-order valence-corrected chi connectivity index (χ0v) is 13.0. The molecule has 0 aliphatic heterocycles. The zero-order chi connectivity index (χ0) is 16.2. The lowest BCUT2D eigenvalue weighted by atomic mass is 10.2. The molecule has 7 nitrogen and oxygen atoms in total. The Labute approximate surface area is 134 Å². The molecule has 0 unspecified atom stereocenters. The van der Waals surface area contributed by atoms with Gasteiger partial charge < -0.3 is 10.2 Å². The van der Waals surface area contributed by atoms with Gasteiger partial charge in [0, 0.05) is 18.8 Å². The maximum Gasteiger partial charge on any atom is 0.353 e. The summed E-state index contributed by atoms with van der Waals surface area (Å²) in [6.07, 6.45) is 5.70. The highest BCUT2D eigenvalue weighted by atomic mass is 16.6. The van der Waals surface area contributed by atoms with Crippen LogP contribution < -0.4 is 10.2 Å². The molecular weight excluding hydrogens is 294 g/mol. The van der Waals surface area contributed by atoms with Crippen LogP contribution in [0.3, 0.4) is 0 Å². The number of para-hydroxylation sites is 1. The fraction of sp³-hybridized carbons (Fsp3) is 0.375. The average molecular weight is 313 g/mol. The third-order valence-corrected chi connectivity index (χ3v) is 4.14. The Morgan fingerprint density at radius 2 is 1.91 bits per heavy atom. The van der Waals surface area contributed by atoms with Crippen molar-refractivity contribution in [1.29, 1.82) is 0 Å². The van der Waals surface area contributed by atoms with E-state index in [2.05, 4.69) is 15.3 Å². The van der Waals surface area contributed by atoms with Crippen LogP contribution in [0.25, 0.3) is 0 Å². The first-order valence-corrected chi connectivity index (χ1v) is 7.71.